The lowest BCUT2D eigenvalue weighted by molar-refractivity contribution is -0.128. The van der Waals surface area contributed by atoms with Crippen molar-refractivity contribution in [1.82, 2.24) is 10.6 Å². The average Bonchev–Trinajstić information content (AvgIpc) is 2.51. The molecule has 0 spiro atoms. The van der Waals surface area contributed by atoms with Gasteiger partial charge in [0.2, 0.25) is 5.91 Å². The van der Waals surface area contributed by atoms with Gasteiger partial charge in [0, 0.05) is 6.54 Å². The van der Waals surface area contributed by atoms with E-state index in [4.69, 9.17) is 5.11 Å². The third kappa shape index (κ3) is 2.79. The van der Waals surface area contributed by atoms with Crippen LogP contribution in [0, 0.1) is 5.92 Å². The predicted octanol–water partition coefficient (Wildman–Crippen LogP) is -0.907. The lowest BCUT2D eigenvalue weighted by Crippen LogP contribution is -2.36. The van der Waals surface area contributed by atoms with Gasteiger partial charge in [-0.15, -0.1) is 0 Å². The second-order valence-corrected chi connectivity index (χ2v) is 3.28. The normalized spacial score (nSPS) is 25.3. The molecule has 4 heteroatoms. The van der Waals surface area contributed by atoms with Crippen LogP contribution in [0.4, 0.5) is 0 Å². The Kier molecular flexibility index (Phi) is 3.49. The fourth-order valence-electron chi connectivity index (χ4n) is 1.28. The molecule has 1 aliphatic heterocycles. The first-order valence-electron chi connectivity index (χ1n) is 4.36. The summed E-state index contributed by atoms with van der Waals surface area (Å²) in [6.07, 6.45) is 0.222. The first-order valence-corrected chi connectivity index (χ1v) is 4.36. The number of rotatable bonds is 3. The topological polar surface area (TPSA) is 61.4 Å². The van der Waals surface area contributed by atoms with Crippen LogP contribution in [0.5, 0.6) is 0 Å². The Hall–Kier alpha value is -0.610. The summed E-state index contributed by atoms with van der Waals surface area (Å²) in [5.41, 5.74) is 0. The van der Waals surface area contributed by atoms with E-state index in [1.165, 1.54) is 6.92 Å². The van der Waals surface area contributed by atoms with Gasteiger partial charge >= 0.3 is 0 Å². The average molecular weight is 172 g/mol. The second kappa shape index (κ2) is 4.42. The SMILES string of the molecule is CC(O)C(=O)NCC1CCNC1. The molecule has 70 valence electrons. The van der Waals surface area contributed by atoms with Gasteiger partial charge in [-0.05, 0) is 32.4 Å². The molecule has 0 saturated carbocycles. The maximum absolute atomic E-state index is 10.9. The van der Waals surface area contributed by atoms with Gasteiger partial charge in [0.15, 0.2) is 0 Å². The fraction of sp³-hybridized carbons (Fsp3) is 0.875. The highest BCUT2D eigenvalue weighted by Crippen LogP contribution is 2.04. The van der Waals surface area contributed by atoms with Gasteiger partial charge < -0.3 is 15.7 Å². The summed E-state index contributed by atoms with van der Waals surface area (Å²) in [5.74, 6) is 0.259. The Morgan fingerprint density at radius 2 is 2.58 bits per heavy atom. The zero-order chi connectivity index (χ0) is 8.97. The van der Waals surface area contributed by atoms with E-state index in [9.17, 15) is 4.79 Å². The van der Waals surface area contributed by atoms with Crippen molar-refractivity contribution in [2.45, 2.75) is 19.4 Å². The van der Waals surface area contributed by atoms with Crippen LogP contribution in [-0.4, -0.2) is 36.8 Å². The molecule has 4 nitrogen and oxygen atoms in total. The van der Waals surface area contributed by atoms with Crippen molar-refractivity contribution >= 4 is 5.91 Å². The highest BCUT2D eigenvalue weighted by molar-refractivity contribution is 5.79. The summed E-state index contributed by atoms with van der Waals surface area (Å²) in [7, 11) is 0. The van der Waals surface area contributed by atoms with Gasteiger partial charge in [-0.2, -0.15) is 0 Å². The number of carbonyl (C=O) groups is 1. The van der Waals surface area contributed by atoms with Crippen LogP contribution in [0.2, 0.25) is 0 Å². The minimum Gasteiger partial charge on any atom is -0.384 e. The van der Waals surface area contributed by atoms with Gasteiger partial charge in [0.1, 0.15) is 6.10 Å². The van der Waals surface area contributed by atoms with E-state index in [1.54, 1.807) is 0 Å². The van der Waals surface area contributed by atoms with E-state index in [-0.39, 0.29) is 5.91 Å². The molecular formula is C8H16N2O2. The molecule has 0 bridgehead atoms. The quantitative estimate of drug-likeness (QED) is 0.516. The van der Waals surface area contributed by atoms with E-state index in [0.717, 1.165) is 19.5 Å². The van der Waals surface area contributed by atoms with Crippen LogP contribution in [0.1, 0.15) is 13.3 Å². The van der Waals surface area contributed by atoms with Crippen LogP contribution >= 0.6 is 0 Å². The molecule has 2 atom stereocenters. The second-order valence-electron chi connectivity index (χ2n) is 3.28. The van der Waals surface area contributed by atoms with E-state index in [2.05, 4.69) is 10.6 Å². The Morgan fingerprint density at radius 3 is 3.08 bits per heavy atom. The largest absolute Gasteiger partial charge is 0.384 e. The molecular weight excluding hydrogens is 156 g/mol. The molecule has 1 heterocycles. The number of aliphatic hydroxyl groups is 1. The monoisotopic (exact) mass is 172 g/mol. The van der Waals surface area contributed by atoms with Gasteiger partial charge in [-0.3, -0.25) is 4.79 Å². The van der Waals surface area contributed by atoms with Crippen molar-refractivity contribution in [3.8, 4) is 0 Å². The van der Waals surface area contributed by atoms with Crippen LogP contribution in [0.15, 0.2) is 0 Å². The molecule has 0 aliphatic carbocycles. The van der Waals surface area contributed by atoms with Crippen molar-refractivity contribution in [3.05, 3.63) is 0 Å². The number of nitrogens with one attached hydrogen (secondary N) is 2. The summed E-state index contributed by atoms with van der Waals surface area (Å²) in [6, 6.07) is 0. The molecule has 2 unspecified atom stereocenters. The van der Waals surface area contributed by atoms with Gasteiger partial charge in [-0.1, -0.05) is 0 Å². The Morgan fingerprint density at radius 1 is 1.83 bits per heavy atom. The Bertz CT molecular complexity index is 153. The molecule has 1 aliphatic rings. The molecule has 12 heavy (non-hydrogen) atoms. The first-order chi connectivity index (χ1) is 5.70. The van der Waals surface area contributed by atoms with E-state index in [0.29, 0.717) is 12.5 Å². The Balaban J connectivity index is 2.12. The third-order valence-corrected chi connectivity index (χ3v) is 2.11. The third-order valence-electron chi connectivity index (χ3n) is 2.11. The molecule has 1 fully saturated rings. The molecule has 1 saturated heterocycles. The number of hydrogen-bond acceptors (Lipinski definition) is 3. The zero-order valence-electron chi connectivity index (χ0n) is 7.34. The molecule has 0 aromatic carbocycles. The van der Waals surface area contributed by atoms with E-state index < -0.39 is 6.10 Å². The summed E-state index contributed by atoms with van der Waals surface area (Å²) in [6.45, 7) is 4.16. The van der Waals surface area contributed by atoms with Gasteiger partial charge in [-0.25, -0.2) is 0 Å². The van der Waals surface area contributed by atoms with Crippen LogP contribution in [-0.2, 0) is 4.79 Å². The molecule has 1 amide bonds. The first kappa shape index (κ1) is 9.48. The highest BCUT2D eigenvalue weighted by Gasteiger charge is 2.16. The summed E-state index contributed by atoms with van der Waals surface area (Å²) in [4.78, 5) is 10.9. The van der Waals surface area contributed by atoms with Gasteiger partial charge in [0.05, 0.1) is 0 Å². The fourth-order valence-corrected chi connectivity index (χ4v) is 1.28. The highest BCUT2D eigenvalue weighted by atomic mass is 16.3. The van der Waals surface area contributed by atoms with Crippen LogP contribution in [0.3, 0.4) is 0 Å². The predicted molar refractivity (Wildman–Crippen MR) is 45.7 cm³/mol. The number of aliphatic hydroxyl groups excluding tert-OH is 1. The van der Waals surface area contributed by atoms with Gasteiger partial charge in [0.25, 0.3) is 0 Å². The molecule has 0 aromatic rings. The number of amides is 1. The molecule has 3 N–H and O–H groups in total. The molecule has 1 rings (SSSR count). The van der Waals surface area contributed by atoms with Crippen molar-refractivity contribution in [2.24, 2.45) is 5.92 Å². The summed E-state index contributed by atoms with van der Waals surface area (Å²) < 4.78 is 0. The molecule has 0 aromatic heterocycles. The maximum Gasteiger partial charge on any atom is 0.248 e. The van der Waals surface area contributed by atoms with Crippen molar-refractivity contribution < 1.29 is 9.90 Å². The van der Waals surface area contributed by atoms with Crippen molar-refractivity contribution in [3.63, 3.8) is 0 Å². The van der Waals surface area contributed by atoms with Crippen LogP contribution in [0.25, 0.3) is 0 Å². The zero-order valence-corrected chi connectivity index (χ0v) is 7.34. The number of hydrogen-bond donors (Lipinski definition) is 3. The Labute approximate surface area is 72.3 Å². The summed E-state index contributed by atoms with van der Waals surface area (Å²) in [5, 5.41) is 14.8. The van der Waals surface area contributed by atoms with Crippen molar-refractivity contribution in [2.75, 3.05) is 19.6 Å². The van der Waals surface area contributed by atoms with Crippen molar-refractivity contribution in [1.29, 1.82) is 0 Å². The standard InChI is InChI=1S/C8H16N2O2/c1-6(11)8(12)10-5-7-2-3-9-4-7/h6-7,9,11H,2-5H2,1H3,(H,10,12). The lowest BCUT2D eigenvalue weighted by Gasteiger charge is -2.10. The molecule has 0 radical (unpaired) electrons. The lowest BCUT2D eigenvalue weighted by atomic mass is 10.1. The minimum atomic E-state index is -0.889. The van der Waals surface area contributed by atoms with Crippen LogP contribution < -0.4 is 10.6 Å². The van der Waals surface area contributed by atoms with E-state index >= 15 is 0 Å². The summed E-state index contributed by atoms with van der Waals surface area (Å²) >= 11 is 0. The number of carbonyl (C=O) groups excluding carboxylic acids is 1. The minimum absolute atomic E-state index is 0.276. The smallest absolute Gasteiger partial charge is 0.248 e. The maximum atomic E-state index is 10.9. The van der Waals surface area contributed by atoms with E-state index in [1.807, 2.05) is 0 Å².